The summed E-state index contributed by atoms with van der Waals surface area (Å²) in [7, 11) is 0. The van der Waals surface area contributed by atoms with Crippen LogP contribution >= 0.6 is 0 Å². The second kappa shape index (κ2) is 7.39. The molecular weight excluding hydrogens is 338 g/mol. The summed E-state index contributed by atoms with van der Waals surface area (Å²) in [6.07, 6.45) is 5.59. The van der Waals surface area contributed by atoms with E-state index in [1.807, 2.05) is 30.8 Å². The smallest absolute Gasteiger partial charge is 0.174 e. The summed E-state index contributed by atoms with van der Waals surface area (Å²) in [6.45, 7) is 8.65. The average molecular weight is 363 g/mol. The van der Waals surface area contributed by atoms with Crippen molar-refractivity contribution in [3.05, 3.63) is 59.2 Å². The van der Waals surface area contributed by atoms with Crippen molar-refractivity contribution in [3.8, 4) is 11.6 Å². The predicted octanol–water partition coefficient (Wildman–Crippen LogP) is 3.63. The molecule has 2 aromatic heterocycles. The fourth-order valence-corrected chi connectivity index (χ4v) is 3.50. The second-order valence-electron chi connectivity index (χ2n) is 7.02. The van der Waals surface area contributed by atoms with E-state index in [2.05, 4.69) is 40.1 Å². The molecule has 3 aromatic rings. The third kappa shape index (κ3) is 3.65. The number of hydrogen-bond acceptors (Lipinski definition) is 5. The zero-order valence-electron chi connectivity index (χ0n) is 16.1. The van der Waals surface area contributed by atoms with Crippen LogP contribution in [-0.4, -0.2) is 32.9 Å². The summed E-state index contributed by atoms with van der Waals surface area (Å²) in [6, 6.07) is 8.46. The number of anilines is 1. The molecule has 0 spiro atoms. The molecule has 0 fully saturated rings. The second-order valence-corrected chi connectivity index (χ2v) is 7.02. The Kier molecular flexibility index (Phi) is 4.79. The SMILES string of the molecule is CCCOc1ccc2c(c1)CCN(c1cncc(-n3nc(C)cc3C)n1)C2. The van der Waals surface area contributed by atoms with E-state index in [0.717, 1.165) is 61.3 Å². The van der Waals surface area contributed by atoms with Gasteiger partial charge in [-0.2, -0.15) is 5.10 Å². The highest BCUT2D eigenvalue weighted by Crippen LogP contribution is 2.26. The van der Waals surface area contributed by atoms with Crippen molar-refractivity contribution in [1.29, 1.82) is 0 Å². The highest BCUT2D eigenvalue weighted by Gasteiger charge is 2.19. The number of aryl methyl sites for hydroxylation is 2. The first kappa shape index (κ1) is 17.5. The standard InChI is InChI=1S/C21H25N5O/c1-4-9-27-19-6-5-18-14-25(8-7-17(18)11-19)20-12-22-13-21(23-20)26-16(3)10-15(2)24-26/h5-6,10-13H,4,7-9,14H2,1-3H3. The molecule has 140 valence electrons. The van der Waals surface area contributed by atoms with Crippen LogP contribution in [0.15, 0.2) is 36.7 Å². The number of rotatable bonds is 5. The Morgan fingerprint density at radius 3 is 2.70 bits per heavy atom. The number of benzene rings is 1. The molecule has 0 unspecified atom stereocenters. The van der Waals surface area contributed by atoms with Crippen LogP contribution in [0.2, 0.25) is 0 Å². The molecular formula is C21H25N5O. The Bertz CT molecular complexity index is 949. The fourth-order valence-electron chi connectivity index (χ4n) is 3.50. The van der Waals surface area contributed by atoms with Gasteiger partial charge in [-0.1, -0.05) is 13.0 Å². The van der Waals surface area contributed by atoms with Crippen molar-refractivity contribution in [1.82, 2.24) is 19.7 Å². The first-order valence-electron chi connectivity index (χ1n) is 9.49. The number of fused-ring (bicyclic) bond motifs is 1. The maximum absolute atomic E-state index is 5.76. The van der Waals surface area contributed by atoms with E-state index in [0.29, 0.717) is 0 Å². The van der Waals surface area contributed by atoms with Crippen LogP contribution in [0.5, 0.6) is 5.75 Å². The highest BCUT2D eigenvalue weighted by molar-refractivity contribution is 5.46. The van der Waals surface area contributed by atoms with Gasteiger partial charge in [-0.05, 0) is 56.0 Å². The summed E-state index contributed by atoms with van der Waals surface area (Å²) in [5.41, 5.74) is 4.72. The van der Waals surface area contributed by atoms with Crippen LogP contribution < -0.4 is 9.64 Å². The largest absolute Gasteiger partial charge is 0.494 e. The molecule has 1 aromatic carbocycles. The Labute approximate surface area is 159 Å². The van der Waals surface area contributed by atoms with Gasteiger partial charge >= 0.3 is 0 Å². The maximum Gasteiger partial charge on any atom is 0.174 e. The van der Waals surface area contributed by atoms with Gasteiger partial charge in [-0.3, -0.25) is 4.98 Å². The Balaban J connectivity index is 1.55. The minimum absolute atomic E-state index is 0.757. The van der Waals surface area contributed by atoms with E-state index >= 15 is 0 Å². The third-order valence-corrected chi connectivity index (χ3v) is 4.82. The average Bonchev–Trinajstić information content (AvgIpc) is 3.04. The molecule has 0 aliphatic carbocycles. The van der Waals surface area contributed by atoms with E-state index < -0.39 is 0 Å². The topological polar surface area (TPSA) is 56.1 Å². The van der Waals surface area contributed by atoms with Crippen LogP contribution in [0.25, 0.3) is 5.82 Å². The van der Waals surface area contributed by atoms with Crippen LogP contribution in [-0.2, 0) is 13.0 Å². The number of hydrogen-bond donors (Lipinski definition) is 0. The number of nitrogens with zero attached hydrogens (tertiary/aromatic N) is 5. The van der Waals surface area contributed by atoms with Crippen LogP contribution in [0.1, 0.15) is 35.9 Å². The third-order valence-electron chi connectivity index (χ3n) is 4.82. The fraction of sp³-hybridized carbons (Fsp3) is 0.381. The minimum atomic E-state index is 0.757. The van der Waals surface area contributed by atoms with Gasteiger partial charge in [0.15, 0.2) is 5.82 Å². The van der Waals surface area contributed by atoms with E-state index in [4.69, 9.17) is 9.72 Å². The minimum Gasteiger partial charge on any atom is -0.494 e. The van der Waals surface area contributed by atoms with Crippen molar-refractivity contribution in [2.45, 2.75) is 40.2 Å². The molecule has 1 aliphatic rings. The van der Waals surface area contributed by atoms with Gasteiger partial charge < -0.3 is 9.64 Å². The molecule has 27 heavy (non-hydrogen) atoms. The summed E-state index contributed by atoms with van der Waals surface area (Å²) < 4.78 is 7.61. The Morgan fingerprint density at radius 1 is 1.07 bits per heavy atom. The van der Waals surface area contributed by atoms with Crippen LogP contribution in [0.4, 0.5) is 5.82 Å². The molecule has 0 bridgehead atoms. The Morgan fingerprint density at radius 2 is 1.93 bits per heavy atom. The lowest BCUT2D eigenvalue weighted by Crippen LogP contribution is -2.31. The summed E-state index contributed by atoms with van der Waals surface area (Å²) in [4.78, 5) is 11.5. The van der Waals surface area contributed by atoms with Gasteiger partial charge in [0.05, 0.1) is 24.7 Å². The molecule has 0 N–H and O–H groups in total. The van der Waals surface area contributed by atoms with Gasteiger partial charge in [-0.15, -0.1) is 0 Å². The van der Waals surface area contributed by atoms with E-state index in [9.17, 15) is 0 Å². The van der Waals surface area contributed by atoms with Gasteiger partial charge in [-0.25, -0.2) is 9.67 Å². The van der Waals surface area contributed by atoms with Crippen LogP contribution in [0.3, 0.4) is 0 Å². The molecule has 1 aliphatic heterocycles. The normalized spacial score (nSPS) is 13.5. The summed E-state index contributed by atoms with van der Waals surface area (Å²) in [5.74, 6) is 2.61. The lowest BCUT2D eigenvalue weighted by molar-refractivity contribution is 0.317. The quantitative estimate of drug-likeness (QED) is 0.693. The first-order valence-corrected chi connectivity index (χ1v) is 9.49. The maximum atomic E-state index is 5.76. The predicted molar refractivity (Wildman–Crippen MR) is 106 cm³/mol. The highest BCUT2D eigenvalue weighted by atomic mass is 16.5. The zero-order chi connectivity index (χ0) is 18.8. The van der Waals surface area contributed by atoms with Gasteiger partial charge in [0.1, 0.15) is 11.6 Å². The molecule has 0 amide bonds. The lowest BCUT2D eigenvalue weighted by atomic mass is 9.99. The zero-order valence-corrected chi connectivity index (χ0v) is 16.1. The van der Waals surface area contributed by atoms with E-state index in [1.54, 1.807) is 6.20 Å². The summed E-state index contributed by atoms with van der Waals surface area (Å²) in [5, 5.41) is 4.52. The molecule has 4 rings (SSSR count). The molecule has 6 nitrogen and oxygen atoms in total. The van der Waals surface area contributed by atoms with Gasteiger partial charge in [0.25, 0.3) is 0 Å². The molecule has 0 saturated carbocycles. The van der Waals surface area contributed by atoms with Crippen LogP contribution in [0, 0.1) is 13.8 Å². The number of aromatic nitrogens is 4. The number of ether oxygens (including phenoxy) is 1. The monoisotopic (exact) mass is 363 g/mol. The molecule has 0 atom stereocenters. The Hall–Kier alpha value is -2.89. The van der Waals surface area contributed by atoms with Gasteiger partial charge in [0, 0.05) is 18.8 Å². The molecule has 3 heterocycles. The molecule has 0 saturated heterocycles. The van der Waals surface area contributed by atoms with E-state index in [-0.39, 0.29) is 0 Å². The van der Waals surface area contributed by atoms with Crippen molar-refractivity contribution in [3.63, 3.8) is 0 Å². The van der Waals surface area contributed by atoms with Crippen molar-refractivity contribution in [2.75, 3.05) is 18.1 Å². The molecule has 6 heteroatoms. The first-order chi connectivity index (χ1) is 13.1. The molecule has 0 radical (unpaired) electrons. The van der Waals surface area contributed by atoms with E-state index in [1.165, 1.54) is 11.1 Å². The van der Waals surface area contributed by atoms with Gasteiger partial charge in [0.2, 0.25) is 0 Å². The van der Waals surface area contributed by atoms with Crippen molar-refractivity contribution < 1.29 is 4.74 Å². The lowest BCUT2D eigenvalue weighted by Gasteiger charge is -2.30. The van der Waals surface area contributed by atoms with Crippen molar-refractivity contribution >= 4 is 5.82 Å². The van der Waals surface area contributed by atoms with Crippen molar-refractivity contribution in [2.24, 2.45) is 0 Å². The summed E-state index contributed by atoms with van der Waals surface area (Å²) >= 11 is 0.